The number of fused-ring (bicyclic) bond motifs is 12. The average molecular weight is 1080 g/mol. The first kappa shape index (κ1) is 47.2. The SMILES string of the molecule is c1ccc(N(c2ccccc2)c2ccc3c4c5c(cc3c2)N(c2ccccc2)c2cc3c(cc2B5c2ccccc2S4)B2c4ccccc4Sc4c2c(cc2cc(N(c5ccccc5)c5ccccc5)ccc42)N3c2ccccc2)cc1. The Hall–Kier alpha value is -9.59. The predicted octanol–water partition coefficient (Wildman–Crippen LogP) is 16.5. The van der Waals surface area contributed by atoms with E-state index in [0.717, 1.165) is 45.5 Å². The summed E-state index contributed by atoms with van der Waals surface area (Å²) in [5, 5.41) is 4.92. The minimum atomic E-state index is -0.0247. The van der Waals surface area contributed by atoms with Crippen LogP contribution in [0.25, 0.3) is 21.5 Å². The van der Waals surface area contributed by atoms with Crippen LogP contribution in [0.15, 0.2) is 311 Å². The number of rotatable bonds is 8. The molecule has 82 heavy (non-hydrogen) atoms. The van der Waals surface area contributed by atoms with Crippen molar-refractivity contribution in [3.8, 4) is 0 Å². The Labute approximate surface area is 486 Å². The van der Waals surface area contributed by atoms with Crippen LogP contribution in [0, 0.1) is 0 Å². The number of benzene rings is 13. The maximum absolute atomic E-state index is 2.64. The van der Waals surface area contributed by atoms with E-state index in [1.165, 1.54) is 96.7 Å². The standard InChI is InChI=1S/C74H48B2N4S2/c1-7-23-51(24-8-1)77(52-25-9-2-10-26-52)57-39-41-59-49(43-57)45-67-71-73(59)81-69-37-21-19-35-61(69)75(71)63-47-64-66(48-65(63)79(67)55-31-15-5-16-32-55)80(56-33-17-6-18-34-56)68-46-50-44-58(78(53-27-11-3-12-28-53)54-29-13-4-14-30-54)40-42-60(50)74-72(68)76(64)62-36-20-22-38-70(62)82-74/h1-48H. The van der Waals surface area contributed by atoms with Crippen molar-refractivity contribution < 1.29 is 0 Å². The largest absolute Gasteiger partial charge is 0.311 e. The smallest absolute Gasteiger partial charge is 0.249 e. The van der Waals surface area contributed by atoms with Crippen LogP contribution in [0.2, 0.25) is 0 Å². The molecule has 0 aliphatic carbocycles. The lowest BCUT2D eigenvalue weighted by atomic mass is 9.31. The molecule has 0 fully saturated rings. The first-order valence-corrected chi connectivity index (χ1v) is 29.8. The van der Waals surface area contributed by atoms with Crippen molar-refractivity contribution in [2.75, 3.05) is 19.6 Å². The summed E-state index contributed by atoms with van der Waals surface area (Å²) in [7, 11) is 0. The van der Waals surface area contributed by atoms with Crippen molar-refractivity contribution in [2.24, 2.45) is 0 Å². The summed E-state index contributed by atoms with van der Waals surface area (Å²) < 4.78 is 0. The van der Waals surface area contributed by atoms with Gasteiger partial charge in [0.1, 0.15) is 0 Å². The number of hydrogen-bond acceptors (Lipinski definition) is 6. The molecule has 4 aliphatic rings. The molecule has 17 rings (SSSR count). The van der Waals surface area contributed by atoms with E-state index in [1.54, 1.807) is 0 Å². The summed E-state index contributed by atoms with van der Waals surface area (Å²) in [6.07, 6.45) is 0. The van der Waals surface area contributed by atoms with Gasteiger partial charge in [-0.05, 0) is 171 Å². The molecule has 0 aromatic heterocycles. The molecule has 8 heteroatoms. The number of anilines is 12. The van der Waals surface area contributed by atoms with Gasteiger partial charge in [0.2, 0.25) is 13.4 Å². The fourth-order valence-electron chi connectivity index (χ4n) is 13.6. The van der Waals surface area contributed by atoms with Crippen molar-refractivity contribution in [3.05, 3.63) is 291 Å². The number of para-hydroxylation sites is 6. The summed E-state index contributed by atoms with van der Waals surface area (Å²) in [6, 6.07) is 108. The van der Waals surface area contributed by atoms with Crippen LogP contribution >= 0.6 is 23.5 Å². The van der Waals surface area contributed by atoms with Crippen LogP contribution in [0.1, 0.15) is 0 Å². The second-order valence-corrected chi connectivity index (χ2v) is 23.7. The Morgan fingerprint density at radius 1 is 0.268 bits per heavy atom. The molecule has 0 radical (unpaired) electrons. The summed E-state index contributed by atoms with van der Waals surface area (Å²) in [5.74, 6) is 0. The third kappa shape index (κ3) is 7.38. The van der Waals surface area contributed by atoms with Crippen LogP contribution in [0.4, 0.5) is 68.2 Å². The topological polar surface area (TPSA) is 13.0 Å². The number of nitrogens with zero attached hydrogens (tertiary/aromatic N) is 4. The Balaban J connectivity index is 0.933. The molecule has 4 aliphatic heterocycles. The van der Waals surface area contributed by atoms with Crippen molar-refractivity contribution in [2.45, 2.75) is 19.6 Å². The highest BCUT2D eigenvalue weighted by Crippen LogP contribution is 2.51. The van der Waals surface area contributed by atoms with Crippen molar-refractivity contribution in [1.82, 2.24) is 0 Å². The predicted molar refractivity (Wildman–Crippen MR) is 351 cm³/mol. The van der Waals surface area contributed by atoms with Crippen LogP contribution in [-0.2, 0) is 0 Å². The molecule has 13 aromatic carbocycles. The van der Waals surface area contributed by atoms with Gasteiger partial charge in [-0.2, -0.15) is 0 Å². The number of hydrogen-bond donors (Lipinski definition) is 0. The van der Waals surface area contributed by atoms with Gasteiger partial charge >= 0.3 is 0 Å². The van der Waals surface area contributed by atoms with Gasteiger partial charge in [-0.1, -0.05) is 198 Å². The molecule has 0 bridgehead atoms. The van der Waals surface area contributed by atoms with Crippen molar-refractivity contribution >= 4 is 160 Å². The molecule has 0 amide bonds. The minimum Gasteiger partial charge on any atom is -0.311 e. The van der Waals surface area contributed by atoms with Gasteiger partial charge < -0.3 is 19.6 Å². The van der Waals surface area contributed by atoms with E-state index < -0.39 is 0 Å². The lowest BCUT2D eigenvalue weighted by Gasteiger charge is -2.45. The fourth-order valence-corrected chi connectivity index (χ4v) is 16.2. The Morgan fingerprint density at radius 3 is 0.988 bits per heavy atom. The normalized spacial score (nSPS) is 13.2. The first-order chi connectivity index (χ1) is 40.7. The second-order valence-electron chi connectivity index (χ2n) is 21.6. The Morgan fingerprint density at radius 2 is 0.610 bits per heavy atom. The third-order valence-electron chi connectivity index (χ3n) is 17.0. The van der Waals surface area contributed by atoms with E-state index in [9.17, 15) is 0 Å². The highest BCUT2D eigenvalue weighted by Gasteiger charge is 2.47. The summed E-state index contributed by atoms with van der Waals surface area (Å²) in [6.45, 7) is -0.0493. The Bertz CT molecular complexity index is 4290. The average Bonchev–Trinajstić information content (AvgIpc) is 3.49. The van der Waals surface area contributed by atoms with E-state index in [4.69, 9.17) is 0 Å². The zero-order valence-electron chi connectivity index (χ0n) is 44.5. The molecule has 0 unspecified atom stereocenters. The second kappa shape index (κ2) is 19.0. The lowest BCUT2D eigenvalue weighted by molar-refractivity contribution is 1.25. The van der Waals surface area contributed by atoms with Gasteiger partial charge in [0.05, 0.1) is 0 Å². The maximum atomic E-state index is 2.64. The first-order valence-electron chi connectivity index (χ1n) is 28.1. The molecule has 382 valence electrons. The van der Waals surface area contributed by atoms with Crippen LogP contribution < -0.4 is 52.4 Å². The molecule has 4 heterocycles. The van der Waals surface area contributed by atoms with Crippen molar-refractivity contribution in [1.29, 1.82) is 0 Å². The molecular formula is C74H48B2N4S2. The van der Waals surface area contributed by atoms with E-state index in [0.29, 0.717) is 0 Å². The van der Waals surface area contributed by atoms with Gasteiger partial charge in [0.25, 0.3) is 0 Å². The van der Waals surface area contributed by atoms with Crippen molar-refractivity contribution in [3.63, 3.8) is 0 Å². The van der Waals surface area contributed by atoms with Gasteiger partial charge in [0.15, 0.2) is 0 Å². The maximum Gasteiger partial charge on any atom is 0.249 e. The molecule has 0 saturated heterocycles. The van der Waals surface area contributed by atoms with Crippen LogP contribution in [0.5, 0.6) is 0 Å². The summed E-state index contributed by atoms with van der Waals surface area (Å²) in [4.78, 5) is 15.2. The molecule has 0 saturated carbocycles. The van der Waals surface area contributed by atoms with Crippen LogP contribution in [-0.4, -0.2) is 13.4 Å². The van der Waals surface area contributed by atoms with Gasteiger partial charge in [-0.3, -0.25) is 0 Å². The van der Waals surface area contributed by atoms with E-state index >= 15 is 0 Å². The van der Waals surface area contributed by atoms with E-state index in [2.05, 4.69) is 311 Å². The van der Waals surface area contributed by atoms with E-state index in [-0.39, 0.29) is 13.4 Å². The molecule has 13 aromatic rings. The third-order valence-corrected chi connectivity index (χ3v) is 19.5. The molecule has 0 atom stereocenters. The van der Waals surface area contributed by atoms with Gasteiger partial charge in [-0.15, -0.1) is 0 Å². The molecule has 4 nitrogen and oxygen atoms in total. The highest BCUT2D eigenvalue weighted by molar-refractivity contribution is 8.00. The molecule has 0 N–H and O–H groups in total. The van der Waals surface area contributed by atoms with Gasteiger partial charge in [0, 0.05) is 87.8 Å². The lowest BCUT2D eigenvalue weighted by Crippen LogP contribution is -2.64. The Kier molecular flexibility index (Phi) is 11.0. The fraction of sp³-hybridized carbons (Fsp3) is 0. The minimum absolute atomic E-state index is 0.0247. The summed E-state index contributed by atoms with van der Waals surface area (Å²) >= 11 is 3.86. The van der Waals surface area contributed by atoms with Gasteiger partial charge in [-0.25, -0.2) is 0 Å². The quantitative estimate of drug-likeness (QED) is 0.140. The monoisotopic (exact) mass is 1080 g/mol. The molecular weight excluding hydrogens is 1030 g/mol. The zero-order chi connectivity index (χ0) is 53.8. The van der Waals surface area contributed by atoms with Crippen LogP contribution in [0.3, 0.4) is 0 Å². The van der Waals surface area contributed by atoms with E-state index in [1.807, 2.05) is 23.5 Å². The zero-order valence-corrected chi connectivity index (χ0v) is 46.1. The highest BCUT2D eigenvalue weighted by atomic mass is 32.2. The molecule has 0 spiro atoms. The summed E-state index contributed by atoms with van der Waals surface area (Å²) in [5.41, 5.74) is 21.8.